The van der Waals surface area contributed by atoms with E-state index >= 15 is 0 Å². The molecule has 0 unspecified atom stereocenters. The monoisotopic (exact) mass is 548 g/mol. The molecular weight excluding hydrogens is 534 g/mol. The molecule has 2 rings (SSSR count). The van der Waals surface area contributed by atoms with Gasteiger partial charge in [-0.2, -0.15) is 10.4 Å². The number of hydrogen-bond donors (Lipinski definition) is 2. The molecule has 0 saturated carbocycles. The quantitative estimate of drug-likeness (QED) is 0.338. The average Bonchev–Trinajstić information content (AvgIpc) is 2.52. The highest BCUT2D eigenvalue weighted by atomic mass is 127. The van der Waals surface area contributed by atoms with E-state index < -0.39 is 0 Å². The van der Waals surface area contributed by atoms with E-state index in [-0.39, 0.29) is 5.75 Å². The fourth-order valence-electron chi connectivity index (χ4n) is 2.04. The van der Waals surface area contributed by atoms with E-state index in [9.17, 15) is 10.4 Å². The molecule has 8 heteroatoms. The second-order valence-electron chi connectivity index (χ2n) is 4.89. The molecule has 1 heterocycles. The molecule has 0 aliphatic rings. The molecule has 6 nitrogen and oxygen atoms in total. The third-order valence-electron chi connectivity index (χ3n) is 3.06. The van der Waals surface area contributed by atoms with E-state index in [1.807, 2.05) is 25.1 Å². The second-order valence-corrected chi connectivity index (χ2v) is 7.22. The van der Waals surface area contributed by atoms with Gasteiger partial charge in [0.25, 0.3) is 0 Å². The molecule has 24 heavy (non-hydrogen) atoms. The smallest absolute Gasteiger partial charge is 0.164 e. The summed E-state index contributed by atoms with van der Waals surface area (Å²) >= 11 is 4.12. The first-order valence-electron chi connectivity index (χ1n) is 6.83. The number of nitrogens with zero attached hydrogens (tertiary/aromatic N) is 3. The summed E-state index contributed by atoms with van der Waals surface area (Å²) in [5.41, 5.74) is 5.59. The van der Waals surface area contributed by atoms with E-state index in [1.54, 1.807) is 13.3 Å². The van der Waals surface area contributed by atoms with Crippen molar-refractivity contribution in [3.63, 3.8) is 0 Å². The molecule has 1 aromatic heterocycles. The van der Waals surface area contributed by atoms with Crippen molar-refractivity contribution in [2.24, 2.45) is 5.10 Å². The minimum Gasteiger partial charge on any atom is -0.506 e. The van der Waals surface area contributed by atoms with Gasteiger partial charge in [0.1, 0.15) is 17.4 Å². The molecule has 0 aliphatic heterocycles. The summed E-state index contributed by atoms with van der Waals surface area (Å²) in [7, 11) is 1.58. The van der Waals surface area contributed by atoms with Crippen LogP contribution in [0.3, 0.4) is 0 Å². The lowest BCUT2D eigenvalue weighted by Gasteiger charge is -2.09. The molecule has 2 aromatic rings. The topological polar surface area (TPSA) is 90.5 Å². The van der Waals surface area contributed by atoms with Crippen LogP contribution < -0.4 is 5.43 Å². The maximum atomic E-state index is 9.78. The van der Waals surface area contributed by atoms with Crippen LogP contribution in [0.15, 0.2) is 23.3 Å². The third-order valence-corrected chi connectivity index (χ3v) is 4.71. The van der Waals surface area contributed by atoms with Crippen LogP contribution in [-0.2, 0) is 11.3 Å². The number of hydrazone groups is 1. The number of nitrogens with one attached hydrogen (secondary N) is 1. The van der Waals surface area contributed by atoms with Crippen LogP contribution in [0.1, 0.15) is 22.4 Å². The average molecular weight is 548 g/mol. The Balaban J connectivity index is 2.27. The first-order valence-corrected chi connectivity index (χ1v) is 8.98. The summed E-state index contributed by atoms with van der Waals surface area (Å²) in [6.07, 6.45) is 1.62. The number of pyridine rings is 1. The number of aromatic nitrogens is 1. The summed E-state index contributed by atoms with van der Waals surface area (Å²) in [6, 6.07) is 7.59. The largest absolute Gasteiger partial charge is 0.506 e. The molecular formula is C16H14I2N4O2. The molecule has 0 saturated heterocycles. The highest BCUT2D eigenvalue weighted by molar-refractivity contribution is 14.1. The normalized spacial score (nSPS) is 10.8. The van der Waals surface area contributed by atoms with Crippen molar-refractivity contribution in [1.82, 2.24) is 4.98 Å². The van der Waals surface area contributed by atoms with Gasteiger partial charge in [-0.1, -0.05) is 0 Å². The van der Waals surface area contributed by atoms with E-state index in [0.717, 1.165) is 24.0 Å². The molecule has 124 valence electrons. The number of phenols is 1. The maximum absolute atomic E-state index is 9.78. The summed E-state index contributed by atoms with van der Waals surface area (Å²) in [4.78, 5) is 4.32. The van der Waals surface area contributed by atoms with Crippen LogP contribution in [0.4, 0.5) is 5.82 Å². The van der Waals surface area contributed by atoms with Gasteiger partial charge in [0, 0.05) is 18.4 Å². The number of hydrogen-bond acceptors (Lipinski definition) is 6. The van der Waals surface area contributed by atoms with Crippen LogP contribution in [0.25, 0.3) is 0 Å². The minimum absolute atomic E-state index is 0.262. The molecule has 0 radical (unpaired) electrons. The van der Waals surface area contributed by atoms with Gasteiger partial charge in [-0.25, -0.2) is 4.98 Å². The van der Waals surface area contributed by atoms with Gasteiger partial charge in [0.05, 0.1) is 20.0 Å². The predicted octanol–water partition coefficient (Wildman–Crippen LogP) is 3.77. The number of rotatable bonds is 5. The van der Waals surface area contributed by atoms with E-state index in [2.05, 4.69) is 66.8 Å². The standard InChI is InChI=1S/C16H14I2N4O2/c1-9-3-11(8-24-2)12(6-19)16(21-9)22-20-7-10-4-13(17)15(23)14(18)5-10/h3-5,7,23H,8H2,1-2H3,(H,21,22). The van der Waals surface area contributed by atoms with Crippen molar-refractivity contribution >= 4 is 57.2 Å². The number of benzene rings is 1. The van der Waals surface area contributed by atoms with Crippen LogP contribution >= 0.6 is 45.2 Å². The number of anilines is 1. The number of phenolic OH excluding ortho intramolecular Hbond substituents is 1. The van der Waals surface area contributed by atoms with E-state index in [0.29, 0.717) is 18.0 Å². The molecule has 0 amide bonds. The molecule has 0 bridgehead atoms. The number of methoxy groups -OCH3 is 1. The Morgan fingerprint density at radius 2 is 2.04 bits per heavy atom. The Bertz CT molecular complexity index is 809. The highest BCUT2D eigenvalue weighted by Crippen LogP contribution is 2.26. The number of aryl methyl sites for hydroxylation is 1. The summed E-state index contributed by atoms with van der Waals surface area (Å²) < 4.78 is 6.61. The Morgan fingerprint density at radius 1 is 1.38 bits per heavy atom. The fraction of sp³-hybridized carbons (Fsp3) is 0.188. The van der Waals surface area contributed by atoms with Crippen molar-refractivity contribution in [1.29, 1.82) is 5.26 Å². The predicted molar refractivity (Wildman–Crippen MR) is 109 cm³/mol. The van der Waals surface area contributed by atoms with Gasteiger partial charge >= 0.3 is 0 Å². The Labute approximate surface area is 167 Å². The zero-order chi connectivity index (χ0) is 17.7. The lowest BCUT2D eigenvalue weighted by Crippen LogP contribution is -2.03. The lowest BCUT2D eigenvalue weighted by atomic mass is 10.1. The second kappa shape index (κ2) is 8.59. The van der Waals surface area contributed by atoms with E-state index in [1.165, 1.54) is 0 Å². The molecule has 0 fully saturated rings. The van der Waals surface area contributed by atoms with Crippen LogP contribution in [0.2, 0.25) is 0 Å². The lowest BCUT2D eigenvalue weighted by molar-refractivity contribution is 0.184. The van der Waals surface area contributed by atoms with E-state index in [4.69, 9.17) is 4.74 Å². The number of aromatic hydroxyl groups is 1. The Morgan fingerprint density at radius 3 is 2.62 bits per heavy atom. The van der Waals surface area contributed by atoms with Gasteiger partial charge in [0.2, 0.25) is 0 Å². The summed E-state index contributed by atoms with van der Waals surface area (Å²) in [5.74, 6) is 0.654. The van der Waals surface area contributed by atoms with Crippen LogP contribution in [-0.4, -0.2) is 23.4 Å². The fourth-order valence-corrected chi connectivity index (χ4v) is 3.86. The van der Waals surface area contributed by atoms with Crippen LogP contribution in [0, 0.1) is 25.4 Å². The molecule has 0 spiro atoms. The number of halogens is 2. The minimum atomic E-state index is 0.262. The molecule has 2 N–H and O–H groups in total. The third kappa shape index (κ3) is 4.55. The summed E-state index contributed by atoms with van der Waals surface area (Å²) in [5, 5.41) is 23.3. The van der Waals surface area contributed by atoms with Gasteiger partial charge in [-0.15, -0.1) is 0 Å². The maximum Gasteiger partial charge on any atom is 0.164 e. The zero-order valence-corrected chi connectivity index (χ0v) is 17.3. The van der Waals surface area contributed by atoms with Gasteiger partial charge in [-0.05, 0) is 75.9 Å². The first-order chi connectivity index (χ1) is 11.5. The Kier molecular flexibility index (Phi) is 6.76. The summed E-state index contributed by atoms with van der Waals surface area (Å²) in [6.45, 7) is 2.18. The zero-order valence-electron chi connectivity index (χ0n) is 13.0. The Hall–Kier alpha value is -1.45. The first kappa shape index (κ1) is 18.9. The van der Waals surface area contributed by atoms with Crippen molar-refractivity contribution in [3.05, 3.63) is 47.7 Å². The van der Waals surface area contributed by atoms with Crippen molar-refractivity contribution in [2.75, 3.05) is 12.5 Å². The van der Waals surface area contributed by atoms with Crippen molar-refractivity contribution in [3.8, 4) is 11.8 Å². The molecule has 0 atom stereocenters. The number of nitriles is 1. The SMILES string of the molecule is COCc1cc(C)nc(NN=Cc2cc(I)c(O)c(I)c2)c1C#N. The van der Waals surface area contributed by atoms with Gasteiger partial charge in [0.15, 0.2) is 5.82 Å². The van der Waals surface area contributed by atoms with Gasteiger partial charge < -0.3 is 9.84 Å². The van der Waals surface area contributed by atoms with Crippen LogP contribution in [0.5, 0.6) is 5.75 Å². The highest BCUT2D eigenvalue weighted by Gasteiger charge is 2.11. The van der Waals surface area contributed by atoms with Gasteiger partial charge in [-0.3, -0.25) is 5.43 Å². The molecule has 0 aliphatic carbocycles. The van der Waals surface area contributed by atoms with Crippen molar-refractivity contribution < 1.29 is 9.84 Å². The molecule has 1 aromatic carbocycles. The number of ether oxygens (including phenoxy) is 1. The van der Waals surface area contributed by atoms with Crippen molar-refractivity contribution in [2.45, 2.75) is 13.5 Å².